The topological polar surface area (TPSA) is 54.0 Å². The highest BCUT2D eigenvalue weighted by Gasteiger charge is 2.15. The lowest BCUT2D eigenvalue weighted by Gasteiger charge is -2.24. The molecule has 0 saturated heterocycles. The first-order valence-electron chi connectivity index (χ1n) is 8.68. The fourth-order valence-corrected chi connectivity index (χ4v) is 4.19. The van der Waals surface area contributed by atoms with E-state index in [-0.39, 0.29) is 11.9 Å². The fraction of sp³-hybridized carbons (Fsp3) is 0.300. The van der Waals surface area contributed by atoms with E-state index in [1.165, 1.54) is 0 Å². The lowest BCUT2D eigenvalue weighted by molar-refractivity contribution is -0.120. The second-order valence-corrected chi connectivity index (χ2v) is 8.27. The Morgan fingerprint density at radius 1 is 1.12 bits per heavy atom. The minimum absolute atomic E-state index is 0.00791. The summed E-state index contributed by atoms with van der Waals surface area (Å²) in [6.45, 7) is 4.90. The Labute approximate surface area is 162 Å². The standard InChI is InChI=1S/C20H23N3OS2/c1-14(2)17(22-15-7-4-3-5-8-15)12-21-19(24)11-16-13-26-20(23-16)18-9-6-10-25-18/h3-10,13-14,17,22H,11-12H2,1-2H3,(H,21,24). The van der Waals surface area contributed by atoms with Gasteiger partial charge in [0.15, 0.2) is 0 Å². The number of carbonyl (C=O) groups excluding carboxylic acids is 1. The molecule has 6 heteroatoms. The molecule has 1 unspecified atom stereocenters. The van der Waals surface area contributed by atoms with Crippen LogP contribution in [0, 0.1) is 5.92 Å². The number of thiophene rings is 1. The van der Waals surface area contributed by atoms with Crippen LogP contribution >= 0.6 is 22.7 Å². The molecule has 0 radical (unpaired) electrons. The molecule has 0 aliphatic heterocycles. The van der Waals surface area contributed by atoms with Crippen molar-refractivity contribution < 1.29 is 4.79 Å². The van der Waals surface area contributed by atoms with E-state index in [1.54, 1.807) is 22.7 Å². The molecule has 0 spiro atoms. The maximum atomic E-state index is 12.3. The molecule has 2 aromatic heterocycles. The van der Waals surface area contributed by atoms with Gasteiger partial charge in [0, 0.05) is 23.7 Å². The number of amides is 1. The summed E-state index contributed by atoms with van der Waals surface area (Å²) in [4.78, 5) is 18.0. The van der Waals surface area contributed by atoms with Gasteiger partial charge in [-0.2, -0.15) is 0 Å². The Morgan fingerprint density at radius 2 is 1.92 bits per heavy atom. The van der Waals surface area contributed by atoms with Gasteiger partial charge in [-0.1, -0.05) is 38.1 Å². The average Bonchev–Trinajstić information content (AvgIpc) is 3.30. The van der Waals surface area contributed by atoms with E-state index in [9.17, 15) is 4.79 Å². The number of anilines is 1. The molecule has 136 valence electrons. The van der Waals surface area contributed by atoms with Gasteiger partial charge in [0.2, 0.25) is 5.91 Å². The van der Waals surface area contributed by atoms with Crippen molar-refractivity contribution in [3.63, 3.8) is 0 Å². The summed E-state index contributed by atoms with van der Waals surface area (Å²) in [5.74, 6) is 0.411. The van der Waals surface area contributed by atoms with Crippen LogP contribution in [0.15, 0.2) is 53.2 Å². The maximum absolute atomic E-state index is 12.3. The minimum atomic E-state index is 0.00791. The van der Waals surface area contributed by atoms with Crippen LogP contribution in [0.3, 0.4) is 0 Å². The number of benzene rings is 1. The predicted octanol–water partition coefficient (Wildman–Crippen LogP) is 4.67. The molecule has 26 heavy (non-hydrogen) atoms. The van der Waals surface area contributed by atoms with Gasteiger partial charge in [0.25, 0.3) is 0 Å². The first-order chi connectivity index (χ1) is 12.6. The number of hydrogen-bond donors (Lipinski definition) is 2. The number of thiazole rings is 1. The van der Waals surface area contributed by atoms with E-state index in [2.05, 4.69) is 35.5 Å². The van der Waals surface area contributed by atoms with Crippen molar-refractivity contribution in [3.05, 3.63) is 58.9 Å². The largest absolute Gasteiger partial charge is 0.380 e. The zero-order chi connectivity index (χ0) is 18.4. The highest BCUT2D eigenvalue weighted by Crippen LogP contribution is 2.27. The van der Waals surface area contributed by atoms with Gasteiger partial charge in [-0.3, -0.25) is 4.79 Å². The summed E-state index contributed by atoms with van der Waals surface area (Å²) in [7, 11) is 0. The van der Waals surface area contributed by atoms with E-state index in [4.69, 9.17) is 0 Å². The smallest absolute Gasteiger partial charge is 0.226 e. The van der Waals surface area contributed by atoms with Crippen molar-refractivity contribution in [1.29, 1.82) is 0 Å². The average molecular weight is 386 g/mol. The molecule has 4 nitrogen and oxygen atoms in total. The molecule has 1 atom stereocenters. The molecule has 2 heterocycles. The number of carbonyl (C=O) groups is 1. The zero-order valence-electron chi connectivity index (χ0n) is 14.9. The van der Waals surface area contributed by atoms with E-state index < -0.39 is 0 Å². The highest BCUT2D eigenvalue weighted by molar-refractivity contribution is 7.20. The number of nitrogens with one attached hydrogen (secondary N) is 2. The van der Waals surface area contributed by atoms with Gasteiger partial charge in [0.1, 0.15) is 5.01 Å². The summed E-state index contributed by atoms with van der Waals surface area (Å²) in [6, 6.07) is 14.3. The Morgan fingerprint density at radius 3 is 2.62 bits per heavy atom. The number of nitrogens with zero attached hydrogens (tertiary/aromatic N) is 1. The van der Waals surface area contributed by atoms with Gasteiger partial charge in [-0.25, -0.2) is 4.98 Å². The lowest BCUT2D eigenvalue weighted by Crippen LogP contribution is -2.40. The minimum Gasteiger partial charge on any atom is -0.380 e. The molecule has 1 aromatic carbocycles. The molecule has 3 aromatic rings. The van der Waals surface area contributed by atoms with Crippen LogP contribution in [0.1, 0.15) is 19.5 Å². The Bertz CT molecular complexity index is 813. The second-order valence-electron chi connectivity index (χ2n) is 6.46. The van der Waals surface area contributed by atoms with Crippen LogP contribution in [0.4, 0.5) is 5.69 Å². The summed E-state index contributed by atoms with van der Waals surface area (Å²) >= 11 is 3.25. The monoisotopic (exact) mass is 385 g/mol. The fourth-order valence-electron chi connectivity index (χ4n) is 2.55. The molecule has 0 saturated carbocycles. The van der Waals surface area contributed by atoms with Crippen molar-refractivity contribution in [1.82, 2.24) is 10.3 Å². The summed E-state index contributed by atoms with van der Waals surface area (Å²) < 4.78 is 0. The number of rotatable bonds is 8. The summed E-state index contributed by atoms with van der Waals surface area (Å²) in [5.41, 5.74) is 1.90. The highest BCUT2D eigenvalue weighted by atomic mass is 32.1. The van der Waals surface area contributed by atoms with Crippen LogP contribution in [-0.4, -0.2) is 23.5 Å². The third-order valence-corrected chi connectivity index (χ3v) is 6.01. The van der Waals surface area contributed by atoms with Crippen LogP contribution in [0.5, 0.6) is 0 Å². The van der Waals surface area contributed by atoms with Gasteiger partial charge >= 0.3 is 0 Å². The van der Waals surface area contributed by atoms with Gasteiger partial charge < -0.3 is 10.6 Å². The second kappa shape index (κ2) is 8.96. The number of aromatic nitrogens is 1. The Kier molecular flexibility index (Phi) is 6.41. The SMILES string of the molecule is CC(C)C(CNC(=O)Cc1csc(-c2cccs2)n1)Nc1ccccc1. The Balaban J connectivity index is 1.52. The maximum Gasteiger partial charge on any atom is 0.226 e. The van der Waals surface area contributed by atoms with Crippen LogP contribution in [0.25, 0.3) is 9.88 Å². The van der Waals surface area contributed by atoms with E-state index in [0.717, 1.165) is 21.3 Å². The predicted molar refractivity (Wildman–Crippen MR) is 111 cm³/mol. The summed E-state index contributed by atoms with van der Waals surface area (Å²) in [6.07, 6.45) is 0.317. The van der Waals surface area contributed by atoms with E-state index >= 15 is 0 Å². The third kappa shape index (κ3) is 5.16. The first-order valence-corrected chi connectivity index (χ1v) is 10.4. The molecule has 3 rings (SSSR count). The van der Waals surface area contributed by atoms with Crippen molar-refractivity contribution in [2.45, 2.75) is 26.3 Å². The van der Waals surface area contributed by atoms with Crippen molar-refractivity contribution in [2.24, 2.45) is 5.92 Å². The molecule has 0 aliphatic carbocycles. The van der Waals surface area contributed by atoms with Crippen LogP contribution in [0.2, 0.25) is 0 Å². The molecule has 2 N–H and O–H groups in total. The zero-order valence-corrected chi connectivity index (χ0v) is 16.6. The molecule has 0 bridgehead atoms. The molecule has 0 aliphatic rings. The van der Waals surface area contributed by atoms with Crippen LogP contribution in [-0.2, 0) is 11.2 Å². The number of para-hydroxylation sites is 1. The van der Waals surface area contributed by atoms with Crippen molar-refractivity contribution in [3.8, 4) is 9.88 Å². The number of hydrogen-bond acceptors (Lipinski definition) is 5. The summed E-state index contributed by atoms with van der Waals surface area (Å²) in [5, 5.41) is 11.5. The lowest BCUT2D eigenvalue weighted by atomic mass is 10.0. The van der Waals surface area contributed by atoms with E-state index in [1.807, 2.05) is 47.2 Å². The van der Waals surface area contributed by atoms with Gasteiger partial charge in [0.05, 0.1) is 17.0 Å². The Hall–Kier alpha value is -2.18. The van der Waals surface area contributed by atoms with Gasteiger partial charge in [-0.15, -0.1) is 22.7 Å². The van der Waals surface area contributed by atoms with E-state index in [0.29, 0.717) is 18.9 Å². The molecular weight excluding hydrogens is 362 g/mol. The quantitative estimate of drug-likeness (QED) is 0.593. The van der Waals surface area contributed by atoms with Crippen molar-refractivity contribution in [2.75, 3.05) is 11.9 Å². The first kappa shape index (κ1) is 18.6. The molecule has 0 fully saturated rings. The van der Waals surface area contributed by atoms with Gasteiger partial charge in [-0.05, 0) is 29.5 Å². The molecular formula is C20H23N3OS2. The third-order valence-electron chi connectivity index (χ3n) is 4.08. The normalized spacial score (nSPS) is 12.1. The van der Waals surface area contributed by atoms with Crippen LogP contribution < -0.4 is 10.6 Å². The van der Waals surface area contributed by atoms with Crippen molar-refractivity contribution >= 4 is 34.3 Å². The molecule has 1 amide bonds.